The molecule has 2 aliphatic rings. The predicted molar refractivity (Wildman–Crippen MR) is 43.9 cm³/mol. The number of rotatable bonds is 2. The molecule has 0 aromatic carbocycles. The van der Waals surface area contributed by atoms with Gasteiger partial charge in [0.05, 0.1) is 6.61 Å². The number of carbonyl (C=O) groups excluding carboxylic acids is 1. The van der Waals surface area contributed by atoms with Gasteiger partial charge >= 0.3 is 6.16 Å². The first kappa shape index (κ1) is 10.6. The van der Waals surface area contributed by atoms with Crippen LogP contribution < -0.4 is 0 Å². The average molecular weight is 220 g/mol. The van der Waals surface area contributed by atoms with Crippen LogP contribution >= 0.6 is 0 Å². The molecule has 0 saturated carbocycles. The van der Waals surface area contributed by atoms with Crippen molar-refractivity contribution in [3.63, 3.8) is 0 Å². The van der Waals surface area contributed by atoms with Crippen molar-refractivity contribution in [2.45, 2.75) is 30.7 Å². The molecule has 0 aromatic rings. The van der Waals surface area contributed by atoms with Crippen LogP contribution in [-0.4, -0.2) is 60.8 Å². The quantitative estimate of drug-likeness (QED) is 0.553. The SMILES string of the molecule is CO[C@H]1O[C@H](CO)[C@@H](O)[C@@H]2OC(=O)O[C@H]12. The molecule has 0 spiro atoms. The smallest absolute Gasteiger partial charge is 0.424 e. The predicted octanol–water partition coefficient (Wildman–Crippen LogP) is -1.39. The van der Waals surface area contributed by atoms with E-state index in [9.17, 15) is 9.90 Å². The van der Waals surface area contributed by atoms with Gasteiger partial charge in [0.2, 0.25) is 0 Å². The second-order valence-corrected chi connectivity index (χ2v) is 3.37. The van der Waals surface area contributed by atoms with Gasteiger partial charge in [-0.2, -0.15) is 0 Å². The number of aliphatic hydroxyl groups excluding tert-OH is 2. The fraction of sp³-hybridized carbons (Fsp3) is 0.875. The van der Waals surface area contributed by atoms with Gasteiger partial charge in [-0.25, -0.2) is 4.79 Å². The van der Waals surface area contributed by atoms with E-state index in [-0.39, 0.29) is 6.61 Å². The Labute approximate surface area is 85.5 Å². The van der Waals surface area contributed by atoms with Crippen LogP contribution in [0, 0.1) is 0 Å². The molecule has 0 amide bonds. The molecule has 7 nitrogen and oxygen atoms in total. The van der Waals surface area contributed by atoms with Crippen LogP contribution in [-0.2, 0) is 18.9 Å². The molecule has 0 radical (unpaired) electrons. The van der Waals surface area contributed by atoms with E-state index in [4.69, 9.17) is 24.1 Å². The van der Waals surface area contributed by atoms with Gasteiger partial charge in [-0.3, -0.25) is 0 Å². The molecule has 0 unspecified atom stereocenters. The number of fused-ring (bicyclic) bond motifs is 1. The highest BCUT2D eigenvalue weighted by Crippen LogP contribution is 2.30. The molecule has 0 aromatic heterocycles. The van der Waals surface area contributed by atoms with E-state index in [1.165, 1.54) is 7.11 Å². The topological polar surface area (TPSA) is 94.5 Å². The van der Waals surface area contributed by atoms with Crippen LogP contribution in [0.4, 0.5) is 4.79 Å². The van der Waals surface area contributed by atoms with Crippen LogP contribution in [0.15, 0.2) is 0 Å². The summed E-state index contributed by atoms with van der Waals surface area (Å²) in [6.45, 7) is -0.387. The molecule has 2 saturated heterocycles. The van der Waals surface area contributed by atoms with Gasteiger partial charge in [0.25, 0.3) is 0 Å². The highest BCUT2D eigenvalue weighted by Gasteiger charge is 2.53. The summed E-state index contributed by atoms with van der Waals surface area (Å²) in [5, 5.41) is 18.6. The molecule has 2 rings (SSSR count). The summed E-state index contributed by atoms with van der Waals surface area (Å²) in [5.41, 5.74) is 0. The maximum absolute atomic E-state index is 10.9. The zero-order chi connectivity index (χ0) is 11.0. The molecule has 15 heavy (non-hydrogen) atoms. The molecule has 5 atom stereocenters. The minimum Gasteiger partial charge on any atom is -0.424 e. The van der Waals surface area contributed by atoms with Crippen LogP contribution in [0.2, 0.25) is 0 Å². The minimum absolute atomic E-state index is 0.387. The van der Waals surface area contributed by atoms with Gasteiger partial charge in [-0.05, 0) is 0 Å². The molecule has 0 bridgehead atoms. The van der Waals surface area contributed by atoms with Crippen LogP contribution in [0.5, 0.6) is 0 Å². The van der Waals surface area contributed by atoms with E-state index >= 15 is 0 Å². The van der Waals surface area contributed by atoms with E-state index in [1.807, 2.05) is 0 Å². The summed E-state index contributed by atoms with van der Waals surface area (Å²) in [7, 11) is 1.38. The van der Waals surface area contributed by atoms with Crippen molar-refractivity contribution in [1.82, 2.24) is 0 Å². The van der Waals surface area contributed by atoms with Crippen molar-refractivity contribution in [1.29, 1.82) is 0 Å². The van der Waals surface area contributed by atoms with Gasteiger partial charge < -0.3 is 29.2 Å². The van der Waals surface area contributed by atoms with Crippen LogP contribution in [0.3, 0.4) is 0 Å². The summed E-state index contributed by atoms with van der Waals surface area (Å²) in [5.74, 6) is 0. The monoisotopic (exact) mass is 220 g/mol. The Kier molecular flexibility index (Phi) is 2.79. The molecule has 0 aliphatic carbocycles. The lowest BCUT2D eigenvalue weighted by Crippen LogP contribution is -2.57. The molecule has 2 aliphatic heterocycles. The van der Waals surface area contributed by atoms with Gasteiger partial charge in [0.1, 0.15) is 12.2 Å². The molecular weight excluding hydrogens is 208 g/mol. The lowest BCUT2D eigenvalue weighted by atomic mass is 9.99. The second kappa shape index (κ2) is 3.93. The van der Waals surface area contributed by atoms with Crippen LogP contribution in [0.1, 0.15) is 0 Å². The van der Waals surface area contributed by atoms with Gasteiger partial charge in [-0.1, -0.05) is 0 Å². The maximum Gasteiger partial charge on any atom is 0.509 e. The number of methoxy groups -OCH3 is 1. The highest BCUT2D eigenvalue weighted by molar-refractivity contribution is 5.62. The zero-order valence-corrected chi connectivity index (χ0v) is 8.03. The third-order valence-electron chi connectivity index (χ3n) is 2.50. The Morgan fingerprint density at radius 2 is 2.07 bits per heavy atom. The largest absolute Gasteiger partial charge is 0.509 e. The standard InChI is InChI=1S/C8H12O7/c1-12-7-6-5(14-8(11)15-6)4(10)3(2-9)13-7/h3-7,9-10H,2H2,1H3/t3-,4-,5+,6+,7+/m1/s1. The second-order valence-electron chi connectivity index (χ2n) is 3.37. The number of ether oxygens (including phenoxy) is 4. The number of hydrogen-bond donors (Lipinski definition) is 2. The van der Waals surface area contributed by atoms with E-state index in [0.29, 0.717) is 0 Å². The summed E-state index contributed by atoms with van der Waals surface area (Å²) < 4.78 is 19.7. The molecular formula is C8H12O7. The Hall–Kier alpha value is -0.890. The van der Waals surface area contributed by atoms with Gasteiger partial charge in [-0.15, -0.1) is 0 Å². The van der Waals surface area contributed by atoms with Crippen LogP contribution in [0.25, 0.3) is 0 Å². The lowest BCUT2D eigenvalue weighted by molar-refractivity contribution is -0.270. The Balaban J connectivity index is 2.16. The van der Waals surface area contributed by atoms with Crippen molar-refractivity contribution >= 4 is 6.16 Å². The Bertz CT molecular complexity index is 255. The van der Waals surface area contributed by atoms with Crippen molar-refractivity contribution in [2.75, 3.05) is 13.7 Å². The minimum atomic E-state index is -1.11. The molecule has 2 N–H and O–H groups in total. The van der Waals surface area contributed by atoms with Crippen molar-refractivity contribution in [3.05, 3.63) is 0 Å². The van der Waals surface area contributed by atoms with Gasteiger partial charge in [0, 0.05) is 7.11 Å². The van der Waals surface area contributed by atoms with Crippen molar-refractivity contribution in [2.24, 2.45) is 0 Å². The van der Waals surface area contributed by atoms with E-state index in [2.05, 4.69) is 0 Å². The number of aliphatic hydroxyl groups is 2. The summed E-state index contributed by atoms with van der Waals surface area (Å²) >= 11 is 0. The van der Waals surface area contributed by atoms with E-state index < -0.39 is 36.9 Å². The Morgan fingerprint density at radius 1 is 1.40 bits per heavy atom. The number of hydrogen-bond acceptors (Lipinski definition) is 7. The average Bonchev–Trinajstić information content (AvgIpc) is 2.61. The van der Waals surface area contributed by atoms with Crippen molar-refractivity contribution < 1.29 is 34.0 Å². The fourth-order valence-electron chi connectivity index (χ4n) is 1.74. The van der Waals surface area contributed by atoms with Gasteiger partial charge in [0.15, 0.2) is 18.5 Å². The Morgan fingerprint density at radius 3 is 2.67 bits per heavy atom. The van der Waals surface area contributed by atoms with Crippen molar-refractivity contribution in [3.8, 4) is 0 Å². The first-order valence-electron chi connectivity index (χ1n) is 4.52. The fourth-order valence-corrected chi connectivity index (χ4v) is 1.74. The summed E-state index contributed by atoms with van der Waals surface area (Å²) in [6.07, 6.45) is -5.30. The normalized spacial score (nSPS) is 44.5. The molecule has 7 heteroatoms. The maximum atomic E-state index is 10.9. The summed E-state index contributed by atoms with van der Waals surface area (Å²) in [6, 6.07) is 0. The zero-order valence-electron chi connectivity index (χ0n) is 8.03. The third kappa shape index (κ3) is 1.67. The van der Waals surface area contributed by atoms with E-state index in [1.54, 1.807) is 0 Å². The first-order valence-corrected chi connectivity index (χ1v) is 4.52. The highest BCUT2D eigenvalue weighted by atomic mass is 16.8. The molecule has 2 heterocycles. The summed E-state index contributed by atoms with van der Waals surface area (Å²) in [4.78, 5) is 10.9. The molecule has 86 valence electrons. The first-order chi connectivity index (χ1) is 7.17. The van der Waals surface area contributed by atoms with E-state index in [0.717, 1.165) is 0 Å². The number of carbonyl (C=O) groups is 1. The third-order valence-corrected chi connectivity index (χ3v) is 2.50. The lowest BCUT2D eigenvalue weighted by Gasteiger charge is -2.37. The molecule has 2 fully saturated rings.